The average Bonchev–Trinajstić information content (AvgIpc) is 2.69. The molecule has 0 spiro atoms. The summed E-state index contributed by atoms with van der Waals surface area (Å²) < 4.78 is 14.1. The molecule has 0 amide bonds. The molecule has 0 aliphatic carbocycles. The van der Waals surface area contributed by atoms with E-state index in [-0.39, 0.29) is 12.4 Å². The second kappa shape index (κ2) is 7.70. The number of halogens is 1. The summed E-state index contributed by atoms with van der Waals surface area (Å²) in [4.78, 5) is 15.0. The van der Waals surface area contributed by atoms with Gasteiger partial charge in [-0.15, -0.1) is 0 Å². The Kier molecular flexibility index (Phi) is 5.91. The maximum absolute atomic E-state index is 14.1. The Bertz CT molecular complexity index is 521. The van der Waals surface area contributed by atoms with E-state index >= 15 is 0 Å². The van der Waals surface area contributed by atoms with Crippen molar-refractivity contribution in [1.82, 2.24) is 9.80 Å². The van der Waals surface area contributed by atoms with Crippen LogP contribution in [0.15, 0.2) is 18.2 Å². The lowest BCUT2D eigenvalue weighted by molar-refractivity contribution is -0.138. The zero-order valence-corrected chi connectivity index (χ0v) is 13.4. The third-order valence-electron chi connectivity index (χ3n) is 4.46. The Hall–Kier alpha value is -1.46. The second-order valence-corrected chi connectivity index (χ2v) is 6.22. The largest absolute Gasteiger partial charge is 0.480 e. The smallest absolute Gasteiger partial charge is 0.317 e. The molecule has 4 nitrogen and oxygen atoms in total. The van der Waals surface area contributed by atoms with Crippen molar-refractivity contribution < 1.29 is 14.3 Å². The topological polar surface area (TPSA) is 43.8 Å². The van der Waals surface area contributed by atoms with Gasteiger partial charge in [0.2, 0.25) is 0 Å². The third-order valence-corrected chi connectivity index (χ3v) is 4.46. The summed E-state index contributed by atoms with van der Waals surface area (Å²) in [6.07, 6.45) is 2.94. The van der Waals surface area contributed by atoms with E-state index in [9.17, 15) is 9.18 Å². The highest BCUT2D eigenvalue weighted by atomic mass is 19.1. The molecule has 1 aromatic carbocycles. The van der Waals surface area contributed by atoms with Gasteiger partial charge in [-0.1, -0.05) is 18.2 Å². The lowest BCUT2D eigenvalue weighted by Gasteiger charge is -2.25. The van der Waals surface area contributed by atoms with Gasteiger partial charge in [-0.25, -0.2) is 4.39 Å². The maximum atomic E-state index is 14.1. The number of hydrogen-bond donors (Lipinski definition) is 1. The molecule has 1 N–H and O–H groups in total. The number of likely N-dealkylation sites (N-methyl/N-ethyl adjacent to an activating group) is 1. The molecule has 1 unspecified atom stereocenters. The summed E-state index contributed by atoms with van der Waals surface area (Å²) >= 11 is 0. The minimum atomic E-state index is -0.787. The van der Waals surface area contributed by atoms with Crippen molar-refractivity contribution in [1.29, 1.82) is 0 Å². The first kappa shape index (κ1) is 16.9. The van der Waals surface area contributed by atoms with Crippen LogP contribution in [0, 0.1) is 12.7 Å². The number of carbonyl (C=O) groups is 1. The molecule has 1 fully saturated rings. The Labute approximate surface area is 131 Å². The highest BCUT2D eigenvalue weighted by molar-refractivity contribution is 5.69. The van der Waals surface area contributed by atoms with E-state index in [1.807, 2.05) is 24.1 Å². The summed E-state index contributed by atoms with van der Waals surface area (Å²) in [6, 6.07) is 5.83. The van der Waals surface area contributed by atoms with Crippen LogP contribution in [-0.4, -0.2) is 53.6 Å². The molecular formula is C17H25FN2O2. The Morgan fingerprint density at radius 3 is 2.91 bits per heavy atom. The van der Waals surface area contributed by atoms with Gasteiger partial charge in [-0.3, -0.25) is 14.6 Å². The van der Waals surface area contributed by atoms with Gasteiger partial charge in [-0.2, -0.15) is 0 Å². The van der Waals surface area contributed by atoms with Gasteiger partial charge in [-0.05, 0) is 51.9 Å². The molecule has 1 aliphatic rings. The first-order valence-corrected chi connectivity index (χ1v) is 7.85. The van der Waals surface area contributed by atoms with Crippen molar-refractivity contribution in [3.05, 3.63) is 35.1 Å². The van der Waals surface area contributed by atoms with E-state index in [2.05, 4.69) is 4.90 Å². The van der Waals surface area contributed by atoms with Gasteiger partial charge >= 0.3 is 5.97 Å². The molecule has 0 saturated carbocycles. The van der Waals surface area contributed by atoms with Crippen LogP contribution in [0.2, 0.25) is 0 Å². The van der Waals surface area contributed by atoms with E-state index in [1.54, 1.807) is 13.0 Å². The van der Waals surface area contributed by atoms with Gasteiger partial charge in [0.05, 0.1) is 6.54 Å². The third kappa shape index (κ3) is 4.52. The average molecular weight is 308 g/mol. The van der Waals surface area contributed by atoms with Gasteiger partial charge in [0.1, 0.15) is 5.82 Å². The van der Waals surface area contributed by atoms with Crippen molar-refractivity contribution in [3.8, 4) is 0 Å². The summed E-state index contributed by atoms with van der Waals surface area (Å²) in [5.41, 5.74) is 1.43. The molecule has 1 heterocycles. The first-order chi connectivity index (χ1) is 10.5. The molecule has 0 aromatic heterocycles. The molecule has 1 aliphatic heterocycles. The summed E-state index contributed by atoms with van der Waals surface area (Å²) in [5, 5.41) is 8.89. The van der Waals surface area contributed by atoms with Gasteiger partial charge in [0, 0.05) is 18.2 Å². The van der Waals surface area contributed by atoms with Crippen molar-refractivity contribution in [3.63, 3.8) is 0 Å². The van der Waals surface area contributed by atoms with Crippen LogP contribution in [-0.2, 0) is 11.3 Å². The predicted molar refractivity (Wildman–Crippen MR) is 84.3 cm³/mol. The molecule has 22 heavy (non-hydrogen) atoms. The van der Waals surface area contributed by atoms with E-state index in [1.165, 1.54) is 0 Å². The van der Waals surface area contributed by atoms with Gasteiger partial charge in [0.25, 0.3) is 0 Å². The highest BCUT2D eigenvalue weighted by Gasteiger charge is 2.22. The zero-order valence-electron chi connectivity index (χ0n) is 13.4. The highest BCUT2D eigenvalue weighted by Crippen LogP contribution is 2.19. The number of carboxylic acid groups (broad SMARTS) is 1. The monoisotopic (exact) mass is 308 g/mol. The number of aryl methyl sites for hydroxylation is 1. The standard InChI is InChI=1S/C17H25FN2O2/c1-13-5-3-6-14(17(13)18)11-20-9-4-7-15(8-10-20)19(2)12-16(21)22/h3,5-6,15H,4,7-12H2,1-2H3,(H,21,22). The fourth-order valence-corrected chi connectivity index (χ4v) is 3.15. The van der Waals surface area contributed by atoms with Gasteiger partial charge < -0.3 is 5.11 Å². The minimum Gasteiger partial charge on any atom is -0.480 e. The number of nitrogens with zero attached hydrogens (tertiary/aromatic N) is 2. The van der Waals surface area contributed by atoms with Crippen LogP contribution in [0.1, 0.15) is 30.4 Å². The van der Waals surface area contributed by atoms with Crippen molar-refractivity contribution >= 4 is 5.97 Å². The molecular weight excluding hydrogens is 283 g/mol. The van der Waals surface area contributed by atoms with E-state index in [0.717, 1.165) is 37.9 Å². The molecule has 122 valence electrons. The lowest BCUT2D eigenvalue weighted by Crippen LogP contribution is -2.36. The first-order valence-electron chi connectivity index (χ1n) is 7.85. The Morgan fingerprint density at radius 1 is 1.41 bits per heavy atom. The van der Waals surface area contributed by atoms with E-state index in [4.69, 9.17) is 5.11 Å². The van der Waals surface area contributed by atoms with Crippen LogP contribution >= 0.6 is 0 Å². The number of hydrogen-bond acceptors (Lipinski definition) is 3. The molecule has 5 heteroatoms. The molecule has 1 saturated heterocycles. The SMILES string of the molecule is Cc1cccc(CN2CCCC(N(C)CC(=O)O)CC2)c1F. The second-order valence-electron chi connectivity index (χ2n) is 6.22. The van der Waals surface area contributed by atoms with E-state index in [0.29, 0.717) is 18.2 Å². The van der Waals surface area contributed by atoms with Crippen LogP contribution < -0.4 is 0 Å². The summed E-state index contributed by atoms with van der Waals surface area (Å²) in [6.45, 7) is 4.31. The minimum absolute atomic E-state index is 0.0805. The Morgan fingerprint density at radius 2 is 2.18 bits per heavy atom. The predicted octanol–water partition coefficient (Wildman–Crippen LogP) is 2.51. The molecule has 0 bridgehead atoms. The van der Waals surface area contributed by atoms with Crippen molar-refractivity contribution in [2.24, 2.45) is 0 Å². The number of aliphatic carboxylic acids is 1. The molecule has 1 aromatic rings. The number of likely N-dealkylation sites (tertiary alicyclic amines) is 1. The van der Waals surface area contributed by atoms with Crippen LogP contribution in [0.3, 0.4) is 0 Å². The number of rotatable bonds is 5. The van der Waals surface area contributed by atoms with Crippen LogP contribution in [0.5, 0.6) is 0 Å². The number of benzene rings is 1. The Balaban J connectivity index is 1.93. The van der Waals surface area contributed by atoms with Crippen molar-refractivity contribution in [2.75, 3.05) is 26.7 Å². The fourth-order valence-electron chi connectivity index (χ4n) is 3.15. The maximum Gasteiger partial charge on any atom is 0.317 e. The van der Waals surface area contributed by atoms with E-state index < -0.39 is 5.97 Å². The van der Waals surface area contributed by atoms with Crippen molar-refractivity contribution in [2.45, 2.75) is 38.8 Å². The normalized spacial score (nSPS) is 20.1. The quantitative estimate of drug-likeness (QED) is 0.908. The fraction of sp³-hybridized carbons (Fsp3) is 0.588. The number of carboxylic acids is 1. The van der Waals surface area contributed by atoms with Crippen LogP contribution in [0.4, 0.5) is 4.39 Å². The van der Waals surface area contributed by atoms with Crippen LogP contribution in [0.25, 0.3) is 0 Å². The lowest BCUT2D eigenvalue weighted by atomic mass is 10.1. The molecule has 2 rings (SSSR count). The summed E-state index contributed by atoms with van der Waals surface area (Å²) in [5.74, 6) is -0.892. The molecule has 0 radical (unpaired) electrons. The van der Waals surface area contributed by atoms with Gasteiger partial charge in [0.15, 0.2) is 0 Å². The summed E-state index contributed by atoms with van der Waals surface area (Å²) in [7, 11) is 1.87. The molecule has 1 atom stereocenters. The zero-order chi connectivity index (χ0) is 16.1.